The minimum Gasteiger partial charge on any atom is -0.406 e. The van der Waals surface area contributed by atoms with Gasteiger partial charge in [-0.15, -0.1) is 13.2 Å². The van der Waals surface area contributed by atoms with E-state index in [0.29, 0.717) is 12.8 Å². The third-order valence-corrected chi connectivity index (χ3v) is 2.56. The number of carbonyl (C=O) groups is 1. The van der Waals surface area contributed by atoms with Gasteiger partial charge in [0.2, 0.25) is 0 Å². The summed E-state index contributed by atoms with van der Waals surface area (Å²) >= 11 is 0. The summed E-state index contributed by atoms with van der Waals surface area (Å²) in [6.45, 7) is 2.06. The molecule has 1 atom stereocenters. The van der Waals surface area contributed by atoms with E-state index < -0.39 is 24.1 Å². The summed E-state index contributed by atoms with van der Waals surface area (Å²) in [5.41, 5.74) is 0.0674. The van der Waals surface area contributed by atoms with Crippen LogP contribution >= 0.6 is 0 Å². The first-order valence-electron chi connectivity index (χ1n) is 6.14. The van der Waals surface area contributed by atoms with Crippen LogP contribution in [0.1, 0.15) is 30.1 Å². The van der Waals surface area contributed by atoms with Crippen LogP contribution in [0.5, 0.6) is 5.75 Å². The van der Waals surface area contributed by atoms with E-state index in [4.69, 9.17) is 0 Å². The van der Waals surface area contributed by atoms with Gasteiger partial charge in [-0.05, 0) is 31.0 Å². The fraction of sp³-hybridized carbons (Fsp3) is 0.462. The maximum absolute atomic E-state index is 12.1. The molecule has 1 unspecified atom stereocenters. The van der Waals surface area contributed by atoms with Crippen LogP contribution in [0, 0.1) is 0 Å². The second-order valence-corrected chi connectivity index (χ2v) is 4.18. The molecule has 0 heterocycles. The lowest BCUT2D eigenvalue weighted by Crippen LogP contribution is -2.27. The van der Waals surface area contributed by atoms with Crippen molar-refractivity contribution in [2.24, 2.45) is 0 Å². The number of aliphatic hydroxyl groups excluding tert-OH is 1. The summed E-state index contributed by atoms with van der Waals surface area (Å²) in [5.74, 6) is -0.959. The van der Waals surface area contributed by atoms with Gasteiger partial charge in [-0.2, -0.15) is 0 Å². The first kappa shape index (κ1) is 16.3. The molecular weight excluding hydrogens is 275 g/mol. The molecule has 1 aromatic rings. The smallest absolute Gasteiger partial charge is 0.406 e. The average molecular weight is 291 g/mol. The lowest BCUT2D eigenvalue weighted by Gasteiger charge is -2.11. The molecule has 0 radical (unpaired) electrons. The van der Waals surface area contributed by atoms with Gasteiger partial charge in [0.25, 0.3) is 5.91 Å². The quantitative estimate of drug-likeness (QED) is 0.846. The van der Waals surface area contributed by atoms with Crippen molar-refractivity contribution < 1.29 is 27.8 Å². The number of aliphatic hydroxyl groups is 1. The molecule has 4 nitrogen and oxygen atoms in total. The van der Waals surface area contributed by atoms with E-state index in [1.54, 1.807) is 0 Å². The topological polar surface area (TPSA) is 58.6 Å². The SMILES string of the molecule is CCC(O)CCNC(=O)c1cccc(OC(F)(F)F)c1. The molecule has 20 heavy (non-hydrogen) atoms. The summed E-state index contributed by atoms with van der Waals surface area (Å²) < 4.78 is 39.9. The Labute approximate surface area is 114 Å². The first-order chi connectivity index (χ1) is 9.31. The molecule has 0 aliphatic rings. The van der Waals surface area contributed by atoms with Gasteiger partial charge in [0.05, 0.1) is 6.10 Å². The van der Waals surface area contributed by atoms with Crippen molar-refractivity contribution in [3.63, 3.8) is 0 Å². The number of hydrogen-bond donors (Lipinski definition) is 2. The first-order valence-corrected chi connectivity index (χ1v) is 6.14. The van der Waals surface area contributed by atoms with E-state index in [-0.39, 0.29) is 12.1 Å². The van der Waals surface area contributed by atoms with Crippen molar-refractivity contribution in [2.45, 2.75) is 32.2 Å². The minimum atomic E-state index is -4.79. The zero-order valence-electron chi connectivity index (χ0n) is 10.9. The van der Waals surface area contributed by atoms with Gasteiger partial charge in [-0.25, -0.2) is 0 Å². The molecule has 2 N–H and O–H groups in total. The van der Waals surface area contributed by atoms with Gasteiger partial charge in [-0.3, -0.25) is 4.79 Å². The lowest BCUT2D eigenvalue weighted by atomic mass is 10.2. The van der Waals surface area contributed by atoms with Gasteiger partial charge < -0.3 is 15.2 Å². The normalized spacial score (nSPS) is 12.8. The average Bonchev–Trinajstić information content (AvgIpc) is 2.36. The van der Waals surface area contributed by atoms with Crippen LogP contribution in [-0.4, -0.2) is 30.0 Å². The Kier molecular flexibility index (Phi) is 5.82. The zero-order valence-corrected chi connectivity index (χ0v) is 10.9. The Hall–Kier alpha value is -1.76. The van der Waals surface area contributed by atoms with Crippen LogP contribution in [-0.2, 0) is 0 Å². The van der Waals surface area contributed by atoms with Crippen molar-refractivity contribution in [3.8, 4) is 5.75 Å². The molecule has 0 aliphatic heterocycles. The van der Waals surface area contributed by atoms with E-state index in [9.17, 15) is 23.1 Å². The van der Waals surface area contributed by atoms with Crippen LogP contribution in [0.4, 0.5) is 13.2 Å². The second kappa shape index (κ2) is 7.14. The molecule has 1 amide bonds. The Morgan fingerprint density at radius 1 is 1.45 bits per heavy atom. The Morgan fingerprint density at radius 3 is 2.75 bits per heavy atom. The fourth-order valence-corrected chi connectivity index (χ4v) is 1.49. The van der Waals surface area contributed by atoms with Crippen LogP contribution in [0.25, 0.3) is 0 Å². The third kappa shape index (κ3) is 5.92. The van der Waals surface area contributed by atoms with Gasteiger partial charge in [0.15, 0.2) is 0 Å². The molecule has 112 valence electrons. The minimum absolute atomic E-state index is 0.0674. The monoisotopic (exact) mass is 291 g/mol. The van der Waals surface area contributed by atoms with Crippen molar-refractivity contribution in [1.29, 1.82) is 0 Å². The predicted molar refractivity (Wildman–Crippen MR) is 66.4 cm³/mol. The summed E-state index contributed by atoms with van der Waals surface area (Å²) in [7, 11) is 0. The van der Waals surface area contributed by atoms with Gasteiger partial charge in [0.1, 0.15) is 5.75 Å². The number of halogens is 3. The number of nitrogens with one attached hydrogen (secondary N) is 1. The maximum Gasteiger partial charge on any atom is 0.573 e. The van der Waals surface area contributed by atoms with Crippen LogP contribution < -0.4 is 10.1 Å². The highest BCUT2D eigenvalue weighted by molar-refractivity contribution is 5.94. The molecule has 0 aliphatic carbocycles. The summed E-state index contributed by atoms with van der Waals surface area (Å²) in [6.07, 6.45) is -4.33. The molecule has 0 saturated heterocycles. The predicted octanol–water partition coefficient (Wildman–Crippen LogP) is 2.48. The molecule has 1 aromatic carbocycles. The Bertz CT molecular complexity index is 449. The van der Waals surface area contributed by atoms with Crippen LogP contribution in [0.15, 0.2) is 24.3 Å². The Morgan fingerprint density at radius 2 is 2.15 bits per heavy atom. The number of ether oxygens (including phenoxy) is 1. The number of carbonyl (C=O) groups excluding carboxylic acids is 1. The molecule has 0 spiro atoms. The van der Waals surface area contributed by atoms with Crippen molar-refractivity contribution in [3.05, 3.63) is 29.8 Å². The molecule has 0 aromatic heterocycles. The highest BCUT2D eigenvalue weighted by Gasteiger charge is 2.31. The molecule has 0 bridgehead atoms. The van der Waals surface area contributed by atoms with E-state index in [1.807, 2.05) is 6.92 Å². The van der Waals surface area contributed by atoms with Gasteiger partial charge in [0, 0.05) is 12.1 Å². The summed E-state index contributed by atoms with van der Waals surface area (Å²) in [6, 6.07) is 4.82. The highest BCUT2D eigenvalue weighted by atomic mass is 19.4. The largest absolute Gasteiger partial charge is 0.573 e. The fourth-order valence-electron chi connectivity index (χ4n) is 1.49. The molecule has 0 fully saturated rings. The second-order valence-electron chi connectivity index (χ2n) is 4.18. The number of benzene rings is 1. The standard InChI is InChI=1S/C13H16F3NO3/c1-2-10(18)6-7-17-12(19)9-4-3-5-11(8-9)20-13(14,15)16/h3-5,8,10,18H,2,6-7H2,1H3,(H,17,19). The van der Waals surface area contributed by atoms with E-state index >= 15 is 0 Å². The van der Waals surface area contributed by atoms with Crippen molar-refractivity contribution >= 4 is 5.91 Å². The van der Waals surface area contributed by atoms with Crippen molar-refractivity contribution in [1.82, 2.24) is 5.32 Å². The molecule has 1 rings (SSSR count). The Balaban J connectivity index is 2.58. The summed E-state index contributed by atoms with van der Waals surface area (Å²) in [5, 5.41) is 11.8. The zero-order chi connectivity index (χ0) is 15.2. The van der Waals surface area contributed by atoms with E-state index in [2.05, 4.69) is 10.1 Å². The van der Waals surface area contributed by atoms with Gasteiger partial charge >= 0.3 is 6.36 Å². The van der Waals surface area contributed by atoms with E-state index in [1.165, 1.54) is 12.1 Å². The number of hydrogen-bond acceptors (Lipinski definition) is 3. The van der Waals surface area contributed by atoms with Crippen LogP contribution in [0.3, 0.4) is 0 Å². The molecule has 7 heteroatoms. The lowest BCUT2D eigenvalue weighted by molar-refractivity contribution is -0.274. The number of rotatable bonds is 6. The summed E-state index contributed by atoms with van der Waals surface area (Å²) in [4.78, 5) is 11.7. The molecular formula is C13H16F3NO3. The van der Waals surface area contributed by atoms with Crippen molar-refractivity contribution in [2.75, 3.05) is 6.54 Å². The molecule has 0 saturated carbocycles. The third-order valence-electron chi connectivity index (χ3n) is 2.56. The van der Waals surface area contributed by atoms with Crippen LogP contribution in [0.2, 0.25) is 0 Å². The number of alkyl halides is 3. The maximum atomic E-state index is 12.1. The van der Waals surface area contributed by atoms with Gasteiger partial charge in [-0.1, -0.05) is 13.0 Å². The number of amides is 1. The van der Waals surface area contributed by atoms with E-state index in [0.717, 1.165) is 12.1 Å². The highest BCUT2D eigenvalue weighted by Crippen LogP contribution is 2.23.